The van der Waals surface area contributed by atoms with E-state index >= 15 is 0 Å². The Balaban J connectivity index is 1.49. The quantitative estimate of drug-likeness (QED) is 0.556. The van der Waals surface area contributed by atoms with Crippen LogP contribution < -0.4 is 14.8 Å². The highest BCUT2D eigenvalue weighted by Gasteiger charge is 2.29. The van der Waals surface area contributed by atoms with Gasteiger partial charge in [0.2, 0.25) is 18.6 Å². The van der Waals surface area contributed by atoms with Gasteiger partial charge in [-0.15, -0.1) is 0 Å². The molecule has 0 spiro atoms. The minimum Gasteiger partial charge on any atom is -0.454 e. The lowest BCUT2D eigenvalue weighted by molar-refractivity contribution is -0.140. The van der Waals surface area contributed by atoms with E-state index in [0.29, 0.717) is 33.5 Å². The molecule has 2 amide bonds. The number of amides is 2. The number of hydrogen-bond acceptors (Lipinski definition) is 4. The number of nitrogens with zero attached hydrogens (tertiary/aromatic N) is 1. The van der Waals surface area contributed by atoms with Gasteiger partial charge in [0.05, 0.1) is 0 Å². The van der Waals surface area contributed by atoms with E-state index in [-0.39, 0.29) is 37.6 Å². The zero-order valence-electron chi connectivity index (χ0n) is 18.6. The second kappa shape index (κ2) is 10.7. The molecule has 1 heterocycles. The minimum absolute atomic E-state index is 0.141. The zero-order chi connectivity index (χ0) is 23.4. The molecule has 0 radical (unpaired) electrons. The fraction of sp³-hybridized carbons (Fsp3) is 0.440. The Morgan fingerprint density at radius 3 is 2.52 bits per heavy atom. The molecule has 1 aliphatic heterocycles. The van der Waals surface area contributed by atoms with Crippen molar-refractivity contribution in [2.24, 2.45) is 0 Å². The Labute approximate surface area is 204 Å². The molecule has 1 aliphatic carbocycles. The Bertz CT molecular complexity index is 1000. The van der Waals surface area contributed by atoms with E-state index in [1.54, 1.807) is 30.0 Å². The lowest BCUT2D eigenvalue weighted by Crippen LogP contribution is -2.49. The number of halogens is 2. The summed E-state index contributed by atoms with van der Waals surface area (Å²) < 4.78 is 10.8. The van der Waals surface area contributed by atoms with E-state index in [2.05, 4.69) is 5.32 Å². The van der Waals surface area contributed by atoms with Gasteiger partial charge in [-0.2, -0.15) is 0 Å². The van der Waals surface area contributed by atoms with Gasteiger partial charge < -0.3 is 19.7 Å². The number of fused-ring (bicyclic) bond motifs is 1. The van der Waals surface area contributed by atoms with Crippen LogP contribution in [0.5, 0.6) is 11.5 Å². The third-order valence-electron chi connectivity index (χ3n) is 6.32. The SMILES string of the molecule is C[C@H](C(=O)NC1CCCC1)N(Cc1c(Cl)cccc1Cl)C(=O)CCc1ccc2c(c1)OCO2. The molecule has 8 heteroatoms. The molecule has 0 bridgehead atoms. The van der Waals surface area contributed by atoms with E-state index in [0.717, 1.165) is 31.2 Å². The first-order valence-electron chi connectivity index (χ1n) is 11.3. The minimum atomic E-state index is -0.651. The van der Waals surface area contributed by atoms with E-state index in [4.69, 9.17) is 32.7 Å². The van der Waals surface area contributed by atoms with Crippen LogP contribution >= 0.6 is 23.2 Å². The van der Waals surface area contributed by atoms with Crippen LogP contribution in [0.2, 0.25) is 10.0 Å². The number of carbonyl (C=O) groups is 2. The molecular formula is C25H28Cl2N2O4. The summed E-state index contributed by atoms with van der Waals surface area (Å²) in [6.45, 7) is 2.13. The molecule has 1 saturated carbocycles. The van der Waals surface area contributed by atoms with Crippen LogP contribution in [0.4, 0.5) is 0 Å². The number of benzene rings is 2. The van der Waals surface area contributed by atoms with Crippen molar-refractivity contribution in [1.82, 2.24) is 10.2 Å². The van der Waals surface area contributed by atoms with Gasteiger partial charge in [-0.1, -0.05) is 48.2 Å². The molecule has 33 heavy (non-hydrogen) atoms. The number of carbonyl (C=O) groups excluding carboxylic acids is 2. The summed E-state index contributed by atoms with van der Waals surface area (Å²) in [6.07, 6.45) is 4.95. The molecule has 2 aromatic rings. The van der Waals surface area contributed by atoms with Crippen LogP contribution in [0.1, 0.15) is 50.2 Å². The normalized spacial score (nSPS) is 16.0. The molecule has 6 nitrogen and oxygen atoms in total. The Morgan fingerprint density at radius 1 is 1.09 bits per heavy atom. The number of rotatable bonds is 8. The van der Waals surface area contributed by atoms with Gasteiger partial charge in [0.25, 0.3) is 0 Å². The first kappa shape index (κ1) is 23.7. The van der Waals surface area contributed by atoms with Crippen molar-refractivity contribution in [2.75, 3.05) is 6.79 Å². The molecule has 0 unspecified atom stereocenters. The largest absolute Gasteiger partial charge is 0.454 e. The number of aryl methyl sites for hydroxylation is 1. The van der Waals surface area contributed by atoms with Gasteiger partial charge >= 0.3 is 0 Å². The van der Waals surface area contributed by atoms with Gasteiger partial charge in [-0.3, -0.25) is 9.59 Å². The summed E-state index contributed by atoms with van der Waals surface area (Å²) in [5.74, 6) is 1.10. The van der Waals surface area contributed by atoms with Gasteiger partial charge in [-0.25, -0.2) is 0 Å². The van der Waals surface area contributed by atoms with Crippen LogP contribution in [0.15, 0.2) is 36.4 Å². The number of hydrogen-bond donors (Lipinski definition) is 1. The molecular weight excluding hydrogens is 463 g/mol. The summed E-state index contributed by atoms with van der Waals surface area (Å²) in [4.78, 5) is 27.9. The van der Waals surface area contributed by atoms with E-state index in [9.17, 15) is 9.59 Å². The van der Waals surface area contributed by atoms with Gasteiger partial charge in [0.1, 0.15) is 6.04 Å². The first-order valence-corrected chi connectivity index (χ1v) is 12.1. The van der Waals surface area contributed by atoms with Crippen molar-refractivity contribution in [2.45, 2.75) is 64.1 Å². The molecule has 1 atom stereocenters. The molecule has 1 fully saturated rings. The maximum atomic E-state index is 13.4. The lowest BCUT2D eigenvalue weighted by Gasteiger charge is -2.30. The second-order valence-corrected chi connectivity index (χ2v) is 9.39. The molecule has 1 N–H and O–H groups in total. The molecule has 0 saturated heterocycles. The van der Waals surface area contributed by atoms with Gasteiger partial charge in [0.15, 0.2) is 11.5 Å². The maximum Gasteiger partial charge on any atom is 0.242 e. The maximum absolute atomic E-state index is 13.4. The van der Waals surface area contributed by atoms with E-state index < -0.39 is 6.04 Å². The average molecular weight is 491 g/mol. The summed E-state index contributed by atoms with van der Waals surface area (Å²) in [5.41, 5.74) is 1.60. The molecule has 2 aliphatic rings. The Kier molecular flexibility index (Phi) is 7.66. The topological polar surface area (TPSA) is 67.9 Å². The summed E-state index contributed by atoms with van der Waals surface area (Å²) in [5, 5.41) is 4.05. The standard InChI is InChI=1S/C25H28Cl2N2O4/c1-16(25(31)28-18-5-2-3-6-18)29(14-19-20(26)7-4-8-21(19)27)24(30)12-10-17-9-11-22-23(13-17)33-15-32-22/h4,7-9,11,13,16,18H,2-3,5-6,10,12,14-15H2,1H3,(H,28,31)/t16-/m1/s1. The van der Waals surface area contributed by atoms with Crippen molar-refractivity contribution < 1.29 is 19.1 Å². The van der Waals surface area contributed by atoms with Crippen LogP contribution in [-0.4, -0.2) is 35.6 Å². The van der Waals surface area contributed by atoms with E-state index in [1.165, 1.54) is 0 Å². The predicted molar refractivity (Wildman–Crippen MR) is 128 cm³/mol. The lowest BCUT2D eigenvalue weighted by atomic mass is 10.1. The van der Waals surface area contributed by atoms with Crippen LogP contribution in [-0.2, 0) is 22.6 Å². The number of ether oxygens (including phenoxy) is 2. The molecule has 2 aromatic carbocycles. The molecule has 0 aromatic heterocycles. The summed E-state index contributed by atoms with van der Waals surface area (Å²) >= 11 is 12.8. The summed E-state index contributed by atoms with van der Waals surface area (Å²) in [7, 11) is 0. The fourth-order valence-electron chi connectivity index (χ4n) is 4.32. The van der Waals surface area contributed by atoms with Gasteiger partial charge in [-0.05, 0) is 56.0 Å². The van der Waals surface area contributed by atoms with Crippen molar-refractivity contribution in [3.05, 3.63) is 57.6 Å². The highest BCUT2D eigenvalue weighted by molar-refractivity contribution is 6.36. The van der Waals surface area contributed by atoms with Crippen molar-refractivity contribution in [3.63, 3.8) is 0 Å². The predicted octanol–water partition coefficient (Wildman–Crippen LogP) is 5.13. The van der Waals surface area contributed by atoms with Crippen molar-refractivity contribution >= 4 is 35.0 Å². The van der Waals surface area contributed by atoms with Crippen LogP contribution in [0.25, 0.3) is 0 Å². The Morgan fingerprint density at radius 2 is 1.79 bits per heavy atom. The van der Waals surface area contributed by atoms with Gasteiger partial charge in [0, 0.05) is 34.6 Å². The average Bonchev–Trinajstić information content (AvgIpc) is 3.48. The Hall–Kier alpha value is -2.44. The smallest absolute Gasteiger partial charge is 0.242 e. The fourth-order valence-corrected chi connectivity index (χ4v) is 4.84. The summed E-state index contributed by atoms with van der Waals surface area (Å²) in [6, 6.07) is 10.4. The monoisotopic (exact) mass is 490 g/mol. The zero-order valence-corrected chi connectivity index (χ0v) is 20.1. The second-order valence-electron chi connectivity index (χ2n) is 8.58. The third-order valence-corrected chi connectivity index (χ3v) is 7.03. The number of nitrogens with one attached hydrogen (secondary N) is 1. The highest BCUT2D eigenvalue weighted by atomic mass is 35.5. The van der Waals surface area contributed by atoms with Crippen molar-refractivity contribution in [3.8, 4) is 11.5 Å². The third kappa shape index (κ3) is 5.74. The molecule has 4 rings (SSSR count). The van der Waals surface area contributed by atoms with Crippen LogP contribution in [0.3, 0.4) is 0 Å². The van der Waals surface area contributed by atoms with Crippen LogP contribution in [0, 0.1) is 0 Å². The first-order chi connectivity index (χ1) is 15.9. The van der Waals surface area contributed by atoms with E-state index in [1.807, 2.05) is 18.2 Å². The van der Waals surface area contributed by atoms with Crippen molar-refractivity contribution in [1.29, 1.82) is 0 Å². The molecule has 176 valence electrons. The highest BCUT2D eigenvalue weighted by Crippen LogP contribution is 2.33.